The second-order valence-corrected chi connectivity index (χ2v) is 9.73. The van der Waals surface area contributed by atoms with Crippen LogP contribution in [0.3, 0.4) is 0 Å². The second-order valence-electron chi connectivity index (χ2n) is 8.17. The summed E-state index contributed by atoms with van der Waals surface area (Å²) in [5, 5.41) is 16.6. The first-order chi connectivity index (χ1) is 15.7. The number of amidine groups is 1. The highest BCUT2D eigenvalue weighted by atomic mass is 32.2. The molecule has 1 fully saturated rings. The Balaban J connectivity index is 1.62. The molecule has 1 aliphatic heterocycles. The van der Waals surface area contributed by atoms with Gasteiger partial charge in [0, 0.05) is 18.5 Å². The number of benzene rings is 2. The molecule has 1 saturated heterocycles. The molecule has 1 aliphatic rings. The first-order valence-electron chi connectivity index (χ1n) is 10.7. The minimum atomic E-state index is -0.989. The van der Waals surface area contributed by atoms with Crippen LogP contribution in [-0.2, 0) is 20.8 Å². The summed E-state index contributed by atoms with van der Waals surface area (Å²) in [6.45, 7) is 0.710. The number of hydrogen-bond acceptors (Lipinski definition) is 5. The molecule has 1 amide bonds. The van der Waals surface area contributed by atoms with Crippen molar-refractivity contribution in [2.75, 3.05) is 25.2 Å². The third-order valence-electron chi connectivity index (χ3n) is 5.71. The van der Waals surface area contributed by atoms with Crippen LogP contribution < -0.4 is 10.5 Å². The Kier molecular flexibility index (Phi) is 8.35. The Morgan fingerprint density at radius 1 is 1.21 bits per heavy atom. The zero-order valence-electron chi connectivity index (χ0n) is 18.5. The predicted octanol–water partition coefficient (Wildman–Crippen LogP) is 2.48. The van der Waals surface area contributed by atoms with Crippen LogP contribution >= 0.6 is 0 Å². The molecule has 2 aromatic carbocycles. The van der Waals surface area contributed by atoms with Gasteiger partial charge >= 0.3 is 5.97 Å². The molecule has 2 aromatic rings. The number of hydrogen-bond donors (Lipinski definition) is 3. The maximum atomic E-state index is 12.7. The van der Waals surface area contributed by atoms with E-state index in [1.165, 1.54) is 0 Å². The van der Waals surface area contributed by atoms with Crippen molar-refractivity contribution < 1.29 is 24.0 Å². The lowest BCUT2D eigenvalue weighted by Crippen LogP contribution is -2.38. The molecule has 176 valence electrons. The highest BCUT2D eigenvalue weighted by molar-refractivity contribution is 7.90. The van der Waals surface area contributed by atoms with Gasteiger partial charge in [0.1, 0.15) is 23.9 Å². The molecule has 33 heavy (non-hydrogen) atoms. The number of nitrogens with two attached hydrogens (primary N) is 1. The van der Waals surface area contributed by atoms with Crippen LogP contribution in [0.2, 0.25) is 0 Å². The van der Waals surface area contributed by atoms with E-state index in [1.54, 1.807) is 23.3 Å². The molecule has 0 bridgehead atoms. The average molecular weight is 472 g/mol. The lowest BCUT2D eigenvalue weighted by Gasteiger charge is -2.25. The number of carbonyl (C=O) groups is 2. The number of amides is 1. The normalized spacial score (nSPS) is 18.8. The Morgan fingerprint density at radius 2 is 1.82 bits per heavy atom. The highest BCUT2D eigenvalue weighted by Crippen LogP contribution is 2.29. The quantitative estimate of drug-likeness (QED) is 0.261. The average Bonchev–Trinajstić information content (AvgIpc) is 3.06. The second kappa shape index (κ2) is 11.2. The van der Waals surface area contributed by atoms with Crippen LogP contribution in [-0.4, -0.2) is 63.5 Å². The number of carbonyl (C=O) groups excluding carboxylic acids is 1. The van der Waals surface area contributed by atoms with Crippen LogP contribution in [0.1, 0.15) is 24.8 Å². The van der Waals surface area contributed by atoms with E-state index < -0.39 is 23.1 Å². The molecular weight excluding hydrogens is 442 g/mol. The maximum Gasteiger partial charge on any atom is 0.304 e. The van der Waals surface area contributed by atoms with Gasteiger partial charge in [-0.1, -0.05) is 47.6 Å². The summed E-state index contributed by atoms with van der Waals surface area (Å²) >= 11 is -0.941. The fourth-order valence-electron chi connectivity index (χ4n) is 4.02. The third-order valence-corrected chi connectivity index (χ3v) is 6.57. The van der Waals surface area contributed by atoms with E-state index in [2.05, 4.69) is 0 Å². The van der Waals surface area contributed by atoms with Crippen molar-refractivity contribution in [2.24, 2.45) is 11.7 Å². The summed E-state index contributed by atoms with van der Waals surface area (Å²) in [6.07, 6.45) is 2.47. The fraction of sp³-hybridized carbons (Fsp3) is 0.375. The molecule has 3 atom stereocenters. The minimum Gasteiger partial charge on any atom is -0.617 e. The summed E-state index contributed by atoms with van der Waals surface area (Å²) in [4.78, 5) is 25.5. The van der Waals surface area contributed by atoms with Gasteiger partial charge in [-0.05, 0) is 29.7 Å². The Morgan fingerprint density at radius 3 is 2.36 bits per heavy atom. The Hall–Kier alpha value is -3.04. The van der Waals surface area contributed by atoms with E-state index >= 15 is 0 Å². The van der Waals surface area contributed by atoms with Crippen molar-refractivity contribution in [1.29, 1.82) is 5.41 Å². The van der Waals surface area contributed by atoms with Gasteiger partial charge in [-0.25, -0.2) is 0 Å². The fourth-order valence-corrected chi connectivity index (χ4v) is 4.56. The zero-order valence-corrected chi connectivity index (χ0v) is 19.3. The monoisotopic (exact) mass is 471 g/mol. The van der Waals surface area contributed by atoms with E-state index in [-0.39, 0.29) is 30.8 Å². The van der Waals surface area contributed by atoms with Crippen molar-refractivity contribution in [3.63, 3.8) is 0 Å². The Bertz CT molecular complexity index is 979. The summed E-state index contributed by atoms with van der Waals surface area (Å²) < 4.78 is 17.3. The first kappa shape index (κ1) is 24.6. The molecule has 9 heteroatoms. The summed E-state index contributed by atoms with van der Waals surface area (Å²) in [5.41, 5.74) is 8.14. The standard InChI is InChI=1S/C24H29N3O5S/c1-33(31)12-2-11-27-20(13-19(24(27)30)14-22(28)29)15-32-21-9-7-17(8-10-21)16-3-5-18(6-4-16)23(25)26/h3-10,19-20H,2,11-15H2,1H3,(H3,25,26)(H,28,29)/t19-,20-,33?/m0/s1. The van der Waals surface area contributed by atoms with E-state index in [0.717, 1.165) is 11.1 Å². The number of carboxylic acid groups (broad SMARTS) is 1. The topological polar surface area (TPSA) is 140 Å². The molecule has 1 heterocycles. The molecule has 3 rings (SSSR count). The van der Waals surface area contributed by atoms with E-state index in [0.29, 0.717) is 36.5 Å². The van der Waals surface area contributed by atoms with Crippen LogP contribution in [0.15, 0.2) is 48.5 Å². The van der Waals surface area contributed by atoms with Crippen molar-refractivity contribution in [2.45, 2.75) is 25.3 Å². The van der Waals surface area contributed by atoms with Gasteiger partial charge in [0.2, 0.25) is 5.91 Å². The Labute approximate surface area is 196 Å². The molecule has 0 aliphatic carbocycles. The molecule has 0 spiro atoms. The van der Waals surface area contributed by atoms with Gasteiger partial charge in [0.05, 0.1) is 24.6 Å². The number of carboxylic acids is 1. The van der Waals surface area contributed by atoms with Crippen molar-refractivity contribution in [3.8, 4) is 16.9 Å². The van der Waals surface area contributed by atoms with Crippen LogP contribution in [0.5, 0.6) is 5.75 Å². The first-order valence-corrected chi connectivity index (χ1v) is 12.5. The molecule has 8 nitrogen and oxygen atoms in total. The lowest BCUT2D eigenvalue weighted by molar-refractivity contribution is -0.142. The maximum absolute atomic E-state index is 12.7. The van der Waals surface area contributed by atoms with Gasteiger partial charge in [-0.15, -0.1) is 0 Å². The van der Waals surface area contributed by atoms with Gasteiger partial charge in [-0.2, -0.15) is 0 Å². The number of nitrogens with one attached hydrogen (secondary N) is 1. The molecule has 0 aromatic heterocycles. The minimum absolute atomic E-state index is 0.0262. The number of nitrogens with zero attached hydrogens (tertiary/aromatic N) is 1. The van der Waals surface area contributed by atoms with E-state index in [4.69, 9.17) is 21.0 Å². The molecule has 1 unspecified atom stereocenters. The number of aliphatic carboxylic acids is 1. The van der Waals surface area contributed by atoms with Gasteiger partial charge in [-0.3, -0.25) is 15.0 Å². The van der Waals surface area contributed by atoms with Gasteiger partial charge < -0.3 is 25.0 Å². The van der Waals surface area contributed by atoms with Crippen molar-refractivity contribution in [1.82, 2.24) is 4.90 Å². The van der Waals surface area contributed by atoms with Crippen molar-refractivity contribution in [3.05, 3.63) is 54.1 Å². The third kappa shape index (κ3) is 6.72. The predicted molar refractivity (Wildman–Crippen MR) is 128 cm³/mol. The molecule has 4 N–H and O–H groups in total. The van der Waals surface area contributed by atoms with Gasteiger partial charge in [0.15, 0.2) is 0 Å². The number of rotatable bonds is 11. The molecule has 0 radical (unpaired) electrons. The molecule has 0 saturated carbocycles. The van der Waals surface area contributed by atoms with Gasteiger partial charge in [0.25, 0.3) is 0 Å². The SMILES string of the molecule is C[S+]([O-])CCCN1C(=O)[C@H](CC(=O)O)C[C@H]1COc1ccc(-c2ccc(C(=N)N)cc2)cc1. The molecular formula is C24H29N3O5S. The van der Waals surface area contributed by atoms with E-state index in [9.17, 15) is 14.1 Å². The van der Waals surface area contributed by atoms with Crippen LogP contribution in [0, 0.1) is 11.3 Å². The van der Waals surface area contributed by atoms with Crippen molar-refractivity contribution >= 4 is 28.9 Å². The largest absolute Gasteiger partial charge is 0.617 e. The van der Waals surface area contributed by atoms with Crippen LogP contribution in [0.25, 0.3) is 11.1 Å². The summed E-state index contributed by atoms with van der Waals surface area (Å²) in [5.74, 6) is -0.533. The lowest BCUT2D eigenvalue weighted by atomic mass is 10.0. The van der Waals surface area contributed by atoms with Crippen LogP contribution in [0.4, 0.5) is 0 Å². The summed E-state index contributed by atoms with van der Waals surface area (Å²) in [7, 11) is 0. The number of nitrogen functional groups attached to an aromatic ring is 1. The van der Waals surface area contributed by atoms with E-state index in [1.807, 2.05) is 36.4 Å². The number of likely N-dealkylation sites (tertiary alicyclic amines) is 1. The number of ether oxygens (including phenoxy) is 1. The zero-order chi connectivity index (χ0) is 24.0. The smallest absolute Gasteiger partial charge is 0.304 e. The summed E-state index contributed by atoms with van der Waals surface area (Å²) in [6, 6.07) is 14.8. The highest BCUT2D eigenvalue weighted by Gasteiger charge is 2.40.